The first kappa shape index (κ1) is 11.5. The molecule has 1 aromatic heterocycles. The van der Waals surface area contributed by atoms with Gasteiger partial charge in [0.15, 0.2) is 0 Å². The molecule has 0 aliphatic carbocycles. The smallest absolute Gasteiger partial charge is 0.146 e. The lowest BCUT2D eigenvalue weighted by molar-refractivity contribution is 0.776. The summed E-state index contributed by atoms with van der Waals surface area (Å²) in [5, 5.41) is 9.10. The minimum absolute atomic E-state index is 0.702. The van der Waals surface area contributed by atoms with E-state index < -0.39 is 0 Å². The first-order chi connectivity index (χ1) is 7.24. The highest BCUT2D eigenvalue weighted by atomic mass is 15.2. The molecule has 3 heteroatoms. The zero-order chi connectivity index (χ0) is 11.3. The summed E-state index contributed by atoms with van der Waals surface area (Å²) in [5.74, 6) is 0.821. The van der Waals surface area contributed by atoms with Crippen LogP contribution in [0.15, 0.2) is 12.3 Å². The van der Waals surface area contributed by atoms with E-state index in [0.29, 0.717) is 5.56 Å². The number of hydrogen-bond donors (Lipinski definition) is 0. The Morgan fingerprint density at radius 3 is 2.73 bits per heavy atom. The third-order valence-corrected chi connectivity index (χ3v) is 2.43. The van der Waals surface area contributed by atoms with Gasteiger partial charge in [0.05, 0.1) is 5.56 Å². The molecular weight excluding hydrogens is 186 g/mol. The summed E-state index contributed by atoms with van der Waals surface area (Å²) < 4.78 is 0. The quantitative estimate of drug-likeness (QED) is 0.754. The van der Waals surface area contributed by atoms with Gasteiger partial charge in [-0.2, -0.15) is 5.26 Å². The summed E-state index contributed by atoms with van der Waals surface area (Å²) in [4.78, 5) is 6.45. The van der Waals surface area contributed by atoms with Crippen LogP contribution in [-0.4, -0.2) is 18.1 Å². The average molecular weight is 203 g/mol. The van der Waals surface area contributed by atoms with Gasteiger partial charge in [-0.05, 0) is 31.9 Å². The van der Waals surface area contributed by atoms with Gasteiger partial charge in [-0.15, -0.1) is 0 Å². The van der Waals surface area contributed by atoms with Crippen LogP contribution in [-0.2, 0) is 0 Å². The number of rotatable bonds is 4. The zero-order valence-corrected chi connectivity index (χ0v) is 9.62. The fraction of sp³-hybridized carbons (Fsp3) is 0.500. The minimum Gasteiger partial charge on any atom is -0.356 e. The van der Waals surface area contributed by atoms with Crippen molar-refractivity contribution in [3.05, 3.63) is 23.4 Å². The molecule has 0 aliphatic heterocycles. The monoisotopic (exact) mass is 203 g/mol. The highest BCUT2D eigenvalue weighted by Gasteiger charge is 2.11. The Balaban J connectivity index is 3.12. The normalized spacial score (nSPS) is 9.73. The van der Waals surface area contributed by atoms with Gasteiger partial charge in [-0.25, -0.2) is 4.98 Å². The maximum atomic E-state index is 9.10. The average Bonchev–Trinajstić information content (AvgIpc) is 2.25. The third kappa shape index (κ3) is 2.47. The predicted octanol–water partition coefficient (Wildman–Crippen LogP) is 2.50. The molecule has 1 aromatic rings. The Morgan fingerprint density at radius 1 is 1.47 bits per heavy atom. The summed E-state index contributed by atoms with van der Waals surface area (Å²) >= 11 is 0. The van der Waals surface area contributed by atoms with Crippen molar-refractivity contribution in [1.29, 1.82) is 5.26 Å². The number of nitrogens with zero attached hydrogens (tertiary/aromatic N) is 3. The molecule has 0 radical (unpaired) electrons. The first-order valence-corrected chi connectivity index (χ1v) is 5.35. The number of hydrogen-bond acceptors (Lipinski definition) is 3. The van der Waals surface area contributed by atoms with Gasteiger partial charge in [0, 0.05) is 19.3 Å². The van der Waals surface area contributed by atoms with Crippen molar-refractivity contribution in [2.24, 2.45) is 0 Å². The van der Waals surface area contributed by atoms with E-state index in [1.165, 1.54) is 0 Å². The molecule has 0 aromatic carbocycles. The number of aromatic nitrogens is 1. The second kappa shape index (κ2) is 5.35. The maximum Gasteiger partial charge on any atom is 0.146 e. The second-order valence-electron chi connectivity index (χ2n) is 3.52. The largest absolute Gasteiger partial charge is 0.356 e. The Hall–Kier alpha value is -1.56. The van der Waals surface area contributed by atoms with Crippen LogP contribution in [0, 0.1) is 18.3 Å². The third-order valence-electron chi connectivity index (χ3n) is 2.43. The molecule has 80 valence electrons. The molecule has 0 bridgehead atoms. The van der Waals surface area contributed by atoms with Crippen molar-refractivity contribution < 1.29 is 0 Å². The summed E-state index contributed by atoms with van der Waals surface area (Å²) in [7, 11) is 0. The van der Waals surface area contributed by atoms with E-state index in [4.69, 9.17) is 5.26 Å². The fourth-order valence-corrected chi connectivity index (χ4v) is 1.61. The molecule has 0 amide bonds. The molecule has 0 aliphatic rings. The Labute approximate surface area is 91.4 Å². The van der Waals surface area contributed by atoms with Gasteiger partial charge in [0.1, 0.15) is 11.9 Å². The maximum absolute atomic E-state index is 9.10. The van der Waals surface area contributed by atoms with Gasteiger partial charge in [-0.3, -0.25) is 0 Å². The van der Waals surface area contributed by atoms with Crippen LogP contribution in [0.2, 0.25) is 0 Å². The standard InChI is InChI=1S/C12H17N3/c1-4-8-15(5-2)12-11(9-13)10(3)6-7-14-12/h6-7H,4-5,8H2,1-3H3. The van der Waals surface area contributed by atoms with Crippen molar-refractivity contribution in [2.75, 3.05) is 18.0 Å². The number of nitriles is 1. The summed E-state index contributed by atoms with van der Waals surface area (Å²) in [6.07, 6.45) is 2.83. The van der Waals surface area contributed by atoms with Crippen molar-refractivity contribution in [1.82, 2.24) is 4.98 Å². The van der Waals surface area contributed by atoms with E-state index in [9.17, 15) is 0 Å². The molecule has 1 rings (SSSR count). The summed E-state index contributed by atoms with van der Waals surface area (Å²) in [6, 6.07) is 4.11. The lowest BCUT2D eigenvalue weighted by atomic mass is 10.1. The topological polar surface area (TPSA) is 39.9 Å². The van der Waals surface area contributed by atoms with Crippen LogP contribution >= 0.6 is 0 Å². The lowest BCUT2D eigenvalue weighted by Gasteiger charge is -2.22. The molecule has 0 N–H and O–H groups in total. The summed E-state index contributed by atoms with van der Waals surface area (Å²) in [5.41, 5.74) is 1.70. The van der Waals surface area contributed by atoms with Crippen LogP contribution in [0.5, 0.6) is 0 Å². The highest BCUT2D eigenvalue weighted by Crippen LogP contribution is 2.19. The molecule has 0 saturated carbocycles. The molecule has 0 unspecified atom stereocenters. The second-order valence-corrected chi connectivity index (χ2v) is 3.52. The predicted molar refractivity (Wildman–Crippen MR) is 61.9 cm³/mol. The van der Waals surface area contributed by atoms with E-state index in [0.717, 1.165) is 30.9 Å². The molecule has 0 atom stereocenters. The molecule has 3 nitrogen and oxygen atoms in total. The molecule has 15 heavy (non-hydrogen) atoms. The minimum atomic E-state index is 0.702. The Bertz CT molecular complexity index is 366. The van der Waals surface area contributed by atoms with Crippen molar-refractivity contribution >= 4 is 5.82 Å². The SMILES string of the molecule is CCCN(CC)c1nccc(C)c1C#N. The number of aryl methyl sites for hydroxylation is 1. The van der Waals surface area contributed by atoms with Gasteiger partial charge >= 0.3 is 0 Å². The summed E-state index contributed by atoms with van der Waals surface area (Å²) in [6.45, 7) is 8.00. The molecule has 1 heterocycles. The Kier molecular flexibility index (Phi) is 4.11. The van der Waals surface area contributed by atoms with Crippen LogP contribution < -0.4 is 4.90 Å². The van der Waals surface area contributed by atoms with E-state index in [-0.39, 0.29) is 0 Å². The molecule has 0 fully saturated rings. The van der Waals surface area contributed by atoms with Gasteiger partial charge in [0.2, 0.25) is 0 Å². The van der Waals surface area contributed by atoms with Crippen LogP contribution in [0.4, 0.5) is 5.82 Å². The van der Waals surface area contributed by atoms with Crippen LogP contribution in [0.3, 0.4) is 0 Å². The van der Waals surface area contributed by atoms with Gasteiger partial charge in [-0.1, -0.05) is 6.92 Å². The van der Waals surface area contributed by atoms with Crippen molar-refractivity contribution in [3.8, 4) is 6.07 Å². The highest BCUT2D eigenvalue weighted by molar-refractivity contribution is 5.57. The van der Waals surface area contributed by atoms with Gasteiger partial charge in [0.25, 0.3) is 0 Å². The lowest BCUT2D eigenvalue weighted by Crippen LogP contribution is -2.25. The number of anilines is 1. The zero-order valence-electron chi connectivity index (χ0n) is 9.62. The van der Waals surface area contributed by atoms with Crippen LogP contribution in [0.1, 0.15) is 31.4 Å². The van der Waals surface area contributed by atoms with Gasteiger partial charge < -0.3 is 4.90 Å². The van der Waals surface area contributed by atoms with Crippen molar-refractivity contribution in [3.63, 3.8) is 0 Å². The van der Waals surface area contributed by atoms with Crippen molar-refractivity contribution in [2.45, 2.75) is 27.2 Å². The van der Waals surface area contributed by atoms with E-state index in [1.54, 1.807) is 6.20 Å². The molecular formula is C12H17N3. The Morgan fingerprint density at radius 2 is 2.20 bits per heavy atom. The van der Waals surface area contributed by atoms with E-state index in [1.807, 2.05) is 13.0 Å². The fourth-order valence-electron chi connectivity index (χ4n) is 1.61. The van der Waals surface area contributed by atoms with E-state index in [2.05, 4.69) is 29.8 Å². The van der Waals surface area contributed by atoms with Crippen LogP contribution in [0.25, 0.3) is 0 Å². The number of pyridine rings is 1. The van der Waals surface area contributed by atoms with E-state index >= 15 is 0 Å². The first-order valence-electron chi connectivity index (χ1n) is 5.35. The molecule has 0 saturated heterocycles. The molecule has 0 spiro atoms.